The minimum absolute atomic E-state index is 0.0375. The van der Waals surface area contributed by atoms with Crippen LogP contribution < -0.4 is 5.32 Å². The Morgan fingerprint density at radius 1 is 1.16 bits per heavy atom. The topological polar surface area (TPSA) is 63.2 Å². The molecule has 2 aliphatic carbocycles. The molecule has 0 saturated heterocycles. The molecule has 102 valence electrons. The SMILES string of the molecule is O=C(Nc1ccc(S(=O)(=O)Cl)cc1)C1C2CCCC21. The van der Waals surface area contributed by atoms with Gasteiger partial charge in [0.1, 0.15) is 0 Å². The van der Waals surface area contributed by atoms with Crippen LogP contribution in [0.5, 0.6) is 0 Å². The molecule has 4 nitrogen and oxygen atoms in total. The Bertz CT molecular complexity index is 601. The summed E-state index contributed by atoms with van der Waals surface area (Å²) in [4.78, 5) is 12.1. The van der Waals surface area contributed by atoms with Crippen LogP contribution in [0.25, 0.3) is 0 Å². The molecule has 0 heterocycles. The predicted molar refractivity (Wildman–Crippen MR) is 72.4 cm³/mol. The smallest absolute Gasteiger partial charge is 0.261 e. The number of anilines is 1. The molecule has 2 unspecified atom stereocenters. The summed E-state index contributed by atoms with van der Waals surface area (Å²) in [7, 11) is 1.52. The maximum atomic E-state index is 12.0. The molecule has 2 aliphatic rings. The summed E-state index contributed by atoms with van der Waals surface area (Å²) in [5, 5.41) is 2.83. The number of amides is 1. The van der Waals surface area contributed by atoms with Crippen LogP contribution in [-0.4, -0.2) is 14.3 Å². The van der Waals surface area contributed by atoms with E-state index in [4.69, 9.17) is 10.7 Å². The van der Waals surface area contributed by atoms with E-state index >= 15 is 0 Å². The van der Waals surface area contributed by atoms with Crippen LogP contribution in [0.2, 0.25) is 0 Å². The standard InChI is InChI=1S/C13H14ClNO3S/c14-19(17,18)9-6-4-8(5-7-9)15-13(16)12-10-2-1-3-11(10)12/h4-7,10-12H,1-3H2,(H,15,16). The molecule has 0 aromatic heterocycles. The van der Waals surface area contributed by atoms with E-state index in [1.807, 2.05) is 0 Å². The lowest BCUT2D eigenvalue weighted by Gasteiger charge is -2.07. The molecule has 1 amide bonds. The van der Waals surface area contributed by atoms with Gasteiger partial charge in [0.05, 0.1) is 4.90 Å². The fraction of sp³-hybridized carbons (Fsp3) is 0.462. The van der Waals surface area contributed by atoms with E-state index in [1.54, 1.807) is 12.1 Å². The summed E-state index contributed by atoms with van der Waals surface area (Å²) >= 11 is 0. The van der Waals surface area contributed by atoms with Crippen LogP contribution in [0, 0.1) is 17.8 Å². The Balaban J connectivity index is 1.66. The molecule has 2 fully saturated rings. The molecule has 0 bridgehead atoms. The zero-order chi connectivity index (χ0) is 13.6. The van der Waals surface area contributed by atoms with Gasteiger partial charge in [0.2, 0.25) is 5.91 Å². The lowest BCUT2D eigenvalue weighted by atomic mass is 10.1. The summed E-state index contributed by atoms with van der Waals surface area (Å²) < 4.78 is 22.2. The molecule has 6 heteroatoms. The van der Waals surface area contributed by atoms with Crippen LogP contribution in [-0.2, 0) is 13.8 Å². The van der Waals surface area contributed by atoms with Crippen molar-refractivity contribution in [1.29, 1.82) is 0 Å². The maximum absolute atomic E-state index is 12.0. The Morgan fingerprint density at radius 3 is 2.26 bits per heavy atom. The van der Waals surface area contributed by atoms with Gasteiger partial charge in [0, 0.05) is 22.3 Å². The van der Waals surface area contributed by atoms with E-state index in [0.717, 1.165) is 12.8 Å². The summed E-state index contributed by atoms with van der Waals surface area (Å²) in [5.74, 6) is 1.35. The molecule has 1 N–H and O–H groups in total. The lowest BCUT2D eigenvalue weighted by molar-refractivity contribution is -0.118. The first kappa shape index (κ1) is 12.9. The van der Waals surface area contributed by atoms with Gasteiger partial charge in [-0.05, 0) is 48.9 Å². The Labute approximate surface area is 116 Å². The molecule has 0 radical (unpaired) electrons. The molecule has 0 spiro atoms. The fourth-order valence-corrected chi connectivity index (χ4v) is 3.91. The van der Waals surface area contributed by atoms with Gasteiger partial charge in [0.15, 0.2) is 0 Å². The van der Waals surface area contributed by atoms with Crippen molar-refractivity contribution < 1.29 is 13.2 Å². The van der Waals surface area contributed by atoms with E-state index in [1.165, 1.54) is 18.6 Å². The van der Waals surface area contributed by atoms with Crippen molar-refractivity contribution in [2.75, 3.05) is 5.32 Å². The normalized spacial score (nSPS) is 28.8. The Hall–Kier alpha value is -1.07. The summed E-state index contributed by atoms with van der Waals surface area (Å²) in [6.45, 7) is 0. The third-order valence-electron chi connectivity index (χ3n) is 4.11. The van der Waals surface area contributed by atoms with Crippen molar-refractivity contribution in [1.82, 2.24) is 0 Å². The van der Waals surface area contributed by atoms with Gasteiger partial charge in [-0.2, -0.15) is 0 Å². The lowest BCUT2D eigenvalue weighted by Crippen LogP contribution is -2.16. The molecule has 19 heavy (non-hydrogen) atoms. The first-order chi connectivity index (χ1) is 8.97. The van der Waals surface area contributed by atoms with Crippen molar-refractivity contribution >= 4 is 31.3 Å². The minimum atomic E-state index is -3.70. The summed E-state index contributed by atoms with van der Waals surface area (Å²) in [6, 6.07) is 5.91. The van der Waals surface area contributed by atoms with Crippen LogP contribution in [0.4, 0.5) is 5.69 Å². The molecule has 2 saturated carbocycles. The van der Waals surface area contributed by atoms with Crippen LogP contribution in [0.15, 0.2) is 29.2 Å². The second-order valence-corrected chi connectivity index (χ2v) is 7.80. The highest BCUT2D eigenvalue weighted by atomic mass is 35.7. The molecule has 3 rings (SSSR count). The monoisotopic (exact) mass is 299 g/mol. The third kappa shape index (κ3) is 2.49. The number of hydrogen-bond acceptors (Lipinski definition) is 3. The van der Waals surface area contributed by atoms with E-state index in [0.29, 0.717) is 17.5 Å². The first-order valence-electron chi connectivity index (χ1n) is 6.32. The number of hydrogen-bond donors (Lipinski definition) is 1. The third-order valence-corrected chi connectivity index (χ3v) is 5.48. The zero-order valence-electron chi connectivity index (χ0n) is 10.2. The molecule has 1 aromatic carbocycles. The average molecular weight is 300 g/mol. The Kier molecular flexibility index (Phi) is 3.06. The number of halogens is 1. The van der Waals surface area contributed by atoms with Gasteiger partial charge in [-0.15, -0.1) is 0 Å². The zero-order valence-corrected chi connectivity index (χ0v) is 11.7. The Morgan fingerprint density at radius 2 is 1.74 bits per heavy atom. The van der Waals surface area contributed by atoms with Gasteiger partial charge in [-0.3, -0.25) is 4.79 Å². The number of carbonyl (C=O) groups is 1. The molecule has 2 atom stereocenters. The van der Waals surface area contributed by atoms with Crippen molar-refractivity contribution in [2.24, 2.45) is 17.8 Å². The van der Waals surface area contributed by atoms with Gasteiger partial charge in [0.25, 0.3) is 9.05 Å². The van der Waals surface area contributed by atoms with E-state index in [-0.39, 0.29) is 16.7 Å². The number of benzene rings is 1. The number of nitrogens with one attached hydrogen (secondary N) is 1. The summed E-state index contributed by atoms with van der Waals surface area (Å²) in [6.07, 6.45) is 3.56. The number of fused-ring (bicyclic) bond motifs is 1. The quantitative estimate of drug-likeness (QED) is 0.873. The fourth-order valence-electron chi connectivity index (χ4n) is 3.14. The predicted octanol–water partition coefficient (Wildman–Crippen LogP) is 2.60. The molecular formula is C13H14ClNO3S. The highest BCUT2D eigenvalue weighted by Gasteiger charge is 2.56. The number of carbonyl (C=O) groups excluding carboxylic acids is 1. The second-order valence-electron chi connectivity index (χ2n) is 5.24. The highest BCUT2D eigenvalue weighted by molar-refractivity contribution is 8.13. The van der Waals surface area contributed by atoms with Gasteiger partial charge in [-0.25, -0.2) is 8.42 Å². The van der Waals surface area contributed by atoms with E-state index in [9.17, 15) is 13.2 Å². The average Bonchev–Trinajstić information content (AvgIpc) is 2.83. The summed E-state index contributed by atoms with van der Waals surface area (Å²) in [5.41, 5.74) is 0.610. The molecule has 0 aliphatic heterocycles. The van der Waals surface area contributed by atoms with Crippen LogP contribution >= 0.6 is 10.7 Å². The van der Waals surface area contributed by atoms with E-state index in [2.05, 4.69) is 5.32 Å². The second kappa shape index (κ2) is 4.49. The van der Waals surface area contributed by atoms with Crippen LogP contribution in [0.3, 0.4) is 0 Å². The van der Waals surface area contributed by atoms with Crippen molar-refractivity contribution in [3.8, 4) is 0 Å². The number of rotatable bonds is 3. The highest BCUT2D eigenvalue weighted by Crippen LogP contribution is 2.57. The van der Waals surface area contributed by atoms with Gasteiger partial charge < -0.3 is 5.32 Å². The van der Waals surface area contributed by atoms with Crippen LogP contribution in [0.1, 0.15) is 19.3 Å². The van der Waals surface area contributed by atoms with Gasteiger partial charge in [-0.1, -0.05) is 6.42 Å². The van der Waals surface area contributed by atoms with Crippen molar-refractivity contribution in [2.45, 2.75) is 24.2 Å². The largest absolute Gasteiger partial charge is 0.326 e. The van der Waals surface area contributed by atoms with Crippen molar-refractivity contribution in [3.63, 3.8) is 0 Å². The maximum Gasteiger partial charge on any atom is 0.261 e. The molecule has 1 aromatic rings. The van der Waals surface area contributed by atoms with Gasteiger partial charge >= 0.3 is 0 Å². The minimum Gasteiger partial charge on any atom is -0.326 e. The van der Waals surface area contributed by atoms with Crippen molar-refractivity contribution in [3.05, 3.63) is 24.3 Å². The first-order valence-corrected chi connectivity index (χ1v) is 8.63. The molecular weight excluding hydrogens is 286 g/mol. The van der Waals surface area contributed by atoms with E-state index < -0.39 is 9.05 Å².